The summed E-state index contributed by atoms with van der Waals surface area (Å²) in [6.45, 7) is 2.31. The fourth-order valence-electron chi connectivity index (χ4n) is 2.68. The number of hydrogen-bond acceptors (Lipinski definition) is 6. The van der Waals surface area contributed by atoms with Gasteiger partial charge < -0.3 is 4.74 Å². The molecule has 1 atom stereocenters. The van der Waals surface area contributed by atoms with Crippen molar-refractivity contribution >= 4 is 38.7 Å². The van der Waals surface area contributed by atoms with E-state index in [-0.39, 0.29) is 15.8 Å². The second kappa shape index (κ2) is 5.77. The third-order valence-corrected chi connectivity index (χ3v) is 7.84. The van der Waals surface area contributed by atoms with Crippen LogP contribution in [0.25, 0.3) is 0 Å². The van der Waals surface area contributed by atoms with Crippen molar-refractivity contribution in [2.24, 2.45) is 0 Å². The number of fused-ring (bicyclic) bond motifs is 1. The minimum Gasteiger partial charge on any atom is -0.465 e. The van der Waals surface area contributed by atoms with Gasteiger partial charge in [-0.3, -0.25) is 0 Å². The molecule has 5 nitrogen and oxygen atoms in total. The lowest BCUT2D eigenvalue weighted by atomic mass is 10.0. The SMILES string of the molecule is COC(=O)c1sccc1S(=O)(=O)N1CCc2sccc2[C@H]1C. The molecule has 3 rings (SSSR count). The van der Waals surface area contributed by atoms with E-state index < -0.39 is 16.0 Å². The minimum atomic E-state index is -3.73. The Morgan fingerprint density at radius 1 is 1.32 bits per heavy atom. The number of hydrogen-bond donors (Lipinski definition) is 0. The van der Waals surface area contributed by atoms with Crippen molar-refractivity contribution in [3.05, 3.63) is 38.2 Å². The normalized spacial score (nSPS) is 18.9. The van der Waals surface area contributed by atoms with Gasteiger partial charge in [0.1, 0.15) is 9.77 Å². The van der Waals surface area contributed by atoms with Crippen molar-refractivity contribution in [1.82, 2.24) is 4.31 Å². The molecule has 3 heterocycles. The Labute approximate surface area is 137 Å². The van der Waals surface area contributed by atoms with Crippen LogP contribution in [0.2, 0.25) is 0 Å². The Kier molecular flexibility index (Phi) is 4.11. The van der Waals surface area contributed by atoms with Crippen LogP contribution < -0.4 is 0 Å². The van der Waals surface area contributed by atoms with Crippen LogP contribution in [0.3, 0.4) is 0 Å². The summed E-state index contributed by atoms with van der Waals surface area (Å²) in [7, 11) is -2.48. The number of thiophene rings is 2. The third-order valence-electron chi connectivity index (χ3n) is 3.81. The predicted molar refractivity (Wildman–Crippen MR) is 86.0 cm³/mol. The van der Waals surface area contributed by atoms with E-state index in [0.717, 1.165) is 16.9 Å². The summed E-state index contributed by atoms with van der Waals surface area (Å²) in [4.78, 5) is 13.2. The molecule has 0 unspecified atom stereocenters. The van der Waals surface area contributed by atoms with Crippen LogP contribution in [0, 0.1) is 0 Å². The molecule has 0 fully saturated rings. The zero-order chi connectivity index (χ0) is 15.9. The van der Waals surface area contributed by atoms with E-state index in [1.807, 2.05) is 18.4 Å². The van der Waals surface area contributed by atoms with Gasteiger partial charge in [0.25, 0.3) is 0 Å². The third kappa shape index (κ3) is 2.40. The summed E-state index contributed by atoms with van der Waals surface area (Å²) in [6.07, 6.45) is 0.703. The molecule has 0 radical (unpaired) electrons. The zero-order valence-corrected chi connectivity index (χ0v) is 14.6. The van der Waals surface area contributed by atoms with Crippen molar-refractivity contribution < 1.29 is 17.9 Å². The highest BCUT2D eigenvalue weighted by atomic mass is 32.2. The van der Waals surface area contributed by atoms with Crippen molar-refractivity contribution in [2.45, 2.75) is 24.3 Å². The van der Waals surface area contributed by atoms with Crippen LogP contribution >= 0.6 is 22.7 Å². The lowest BCUT2D eigenvalue weighted by Gasteiger charge is -2.32. The van der Waals surface area contributed by atoms with Crippen LogP contribution in [0.15, 0.2) is 27.8 Å². The Morgan fingerprint density at radius 3 is 2.77 bits per heavy atom. The highest BCUT2D eigenvalue weighted by Crippen LogP contribution is 2.37. The average molecular weight is 357 g/mol. The molecule has 118 valence electrons. The van der Waals surface area contributed by atoms with E-state index in [1.54, 1.807) is 16.7 Å². The van der Waals surface area contributed by atoms with Gasteiger partial charge in [-0.2, -0.15) is 4.31 Å². The first-order valence-corrected chi connectivity index (χ1v) is 9.90. The predicted octanol–water partition coefficient (Wildman–Crippen LogP) is 2.90. The highest BCUT2D eigenvalue weighted by Gasteiger charge is 2.37. The van der Waals surface area contributed by atoms with Gasteiger partial charge >= 0.3 is 5.97 Å². The Bertz CT molecular complexity index is 806. The molecule has 1 aliphatic heterocycles. The second-order valence-electron chi connectivity index (χ2n) is 4.95. The molecular formula is C14H15NO4S3. The second-order valence-corrected chi connectivity index (χ2v) is 8.72. The standard InChI is InChI=1S/C14H15NO4S3/c1-9-10-4-7-20-11(10)3-6-15(9)22(17,18)12-5-8-21-13(12)14(16)19-2/h4-5,7-9H,3,6H2,1-2H3/t9-/m1/s1. The zero-order valence-electron chi connectivity index (χ0n) is 12.1. The summed E-state index contributed by atoms with van der Waals surface area (Å²) in [6, 6.07) is 3.22. The molecule has 2 aromatic rings. The van der Waals surface area contributed by atoms with E-state index in [4.69, 9.17) is 0 Å². The van der Waals surface area contributed by atoms with E-state index in [9.17, 15) is 13.2 Å². The molecule has 1 aliphatic rings. The monoisotopic (exact) mass is 357 g/mol. The summed E-state index contributed by atoms with van der Waals surface area (Å²) >= 11 is 2.74. The van der Waals surface area contributed by atoms with Gasteiger partial charge in [-0.15, -0.1) is 22.7 Å². The number of methoxy groups -OCH3 is 1. The number of ether oxygens (including phenoxy) is 1. The molecule has 0 amide bonds. The number of carbonyl (C=O) groups is 1. The topological polar surface area (TPSA) is 63.7 Å². The summed E-state index contributed by atoms with van der Waals surface area (Å²) in [5.74, 6) is -0.616. The number of esters is 1. The first kappa shape index (κ1) is 15.7. The van der Waals surface area contributed by atoms with Gasteiger partial charge in [0.05, 0.1) is 7.11 Å². The summed E-state index contributed by atoms with van der Waals surface area (Å²) in [5, 5.41) is 3.59. The van der Waals surface area contributed by atoms with Crippen molar-refractivity contribution in [1.29, 1.82) is 0 Å². The van der Waals surface area contributed by atoms with Gasteiger partial charge in [0, 0.05) is 17.5 Å². The lowest BCUT2D eigenvalue weighted by Crippen LogP contribution is -2.38. The maximum absolute atomic E-state index is 13.0. The van der Waals surface area contributed by atoms with Crippen LogP contribution in [-0.4, -0.2) is 32.3 Å². The van der Waals surface area contributed by atoms with Crippen molar-refractivity contribution in [3.63, 3.8) is 0 Å². The molecule has 0 aliphatic carbocycles. The molecule has 0 saturated heterocycles. The highest BCUT2D eigenvalue weighted by molar-refractivity contribution is 7.89. The molecule has 0 bridgehead atoms. The number of sulfonamides is 1. The molecule has 0 saturated carbocycles. The smallest absolute Gasteiger partial charge is 0.349 e. The summed E-state index contributed by atoms with van der Waals surface area (Å²) < 4.78 is 32.1. The number of nitrogens with zero attached hydrogens (tertiary/aromatic N) is 1. The van der Waals surface area contributed by atoms with E-state index in [1.165, 1.54) is 22.4 Å². The fraction of sp³-hybridized carbons (Fsp3) is 0.357. The van der Waals surface area contributed by atoms with Crippen molar-refractivity contribution in [2.75, 3.05) is 13.7 Å². The Hall–Kier alpha value is -1.22. The summed E-state index contributed by atoms with van der Waals surface area (Å²) in [5.41, 5.74) is 1.05. The maximum atomic E-state index is 13.0. The van der Waals surface area contributed by atoms with Crippen LogP contribution in [0.5, 0.6) is 0 Å². The van der Waals surface area contributed by atoms with E-state index >= 15 is 0 Å². The molecule has 8 heteroatoms. The Morgan fingerprint density at radius 2 is 2.05 bits per heavy atom. The first-order valence-electron chi connectivity index (χ1n) is 6.70. The lowest BCUT2D eigenvalue weighted by molar-refractivity contribution is 0.0602. The molecule has 22 heavy (non-hydrogen) atoms. The minimum absolute atomic E-state index is 0.0369. The molecule has 2 aromatic heterocycles. The number of carbonyl (C=O) groups excluding carboxylic acids is 1. The fourth-order valence-corrected chi connectivity index (χ4v) is 6.57. The molecule has 0 N–H and O–H groups in total. The average Bonchev–Trinajstić information content (AvgIpc) is 3.15. The maximum Gasteiger partial charge on any atom is 0.349 e. The van der Waals surface area contributed by atoms with Crippen LogP contribution in [0.1, 0.15) is 33.1 Å². The van der Waals surface area contributed by atoms with Gasteiger partial charge in [0.15, 0.2) is 0 Å². The molecular weight excluding hydrogens is 342 g/mol. The molecule has 0 aromatic carbocycles. The van der Waals surface area contributed by atoms with Gasteiger partial charge in [0.2, 0.25) is 10.0 Å². The van der Waals surface area contributed by atoms with Gasteiger partial charge in [-0.25, -0.2) is 13.2 Å². The van der Waals surface area contributed by atoms with Crippen LogP contribution in [-0.2, 0) is 21.2 Å². The van der Waals surface area contributed by atoms with Gasteiger partial charge in [-0.05, 0) is 41.8 Å². The van der Waals surface area contributed by atoms with E-state index in [0.29, 0.717) is 13.0 Å². The number of rotatable bonds is 3. The quantitative estimate of drug-likeness (QED) is 0.793. The van der Waals surface area contributed by atoms with Gasteiger partial charge in [-0.1, -0.05) is 0 Å². The van der Waals surface area contributed by atoms with Crippen molar-refractivity contribution in [3.8, 4) is 0 Å². The Balaban J connectivity index is 2.01. The van der Waals surface area contributed by atoms with Crippen LogP contribution in [0.4, 0.5) is 0 Å². The van der Waals surface area contributed by atoms with E-state index in [2.05, 4.69) is 4.74 Å². The first-order chi connectivity index (χ1) is 10.5. The molecule has 0 spiro atoms. The largest absolute Gasteiger partial charge is 0.465 e.